The number of carbonyl (C=O) groups excluding carboxylic acids is 1. The largest absolute Gasteiger partial charge is 0.494 e. The van der Waals surface area contributed by atoms with E-state index in [0.29, 0.717) is 50.7 Å². The van der Waals surface area contributed by atoms with Crippen molar-refractivity contribution in [3.8, 4) is 5.75 Å². The Morgan fingerprint density at radius 2 is 1.20 bits per heavy atom. The summed E-state index contributed by atoms with van der Waals surface area (Å²) in [5.74, 6) is 0.541. The smallest absolute Gasteiger partial charge is 0.305 e. The third kappa shape index (κ3) is 11.0. The molecule has 0 bridgehead atoms. The van der Waals surface area contributed by atoms with Crippen LogP contribution in [0.2, 0.25) is 5.02 Å². The highest BCUT2D eigenvalue weighted by atomic mass is 35.5. The molecule has 6 rings (SSSR count). The van der Waals surface area contributed by atoms with E-state index in [1.165, 1.54) is 0 Å². The van der Waals surface area contributed by atoms with Crippen molar-refractivity contribution in [2.24, 2.45) is 0 Å². The van der Waals surface area contributed by atoms with Gasteiger partial charge >= 0.3 is 5.97 Å². The molecule has 0 spiro atoms. The van der Waals surface area contributed by atoms with Gasteiger partial charge in [-0.3, -0.25) is 4.79 Å². The third-order valence-corrected chi connectivity index (χ3v) is 9.75. The van der Waals surface area contributed by atoms with Crippen molar-refractivity contribution in [1.29, 1.82) is 0 Å². The molecule has 5 aromatic carbocycles. The zero-order valence-electron chi connectivity index (χ0n) is 31.0. The van der Waals surface area contributed by atoms with Gasteiger partial charge in [-0.15, -0.1) is 0 Å². The molecule has 0 radical (unpaired) electrons. The van der Waals surface area contributed by atoms with E-state index in [1.807, 2.05) is 129 Å². The van der Waals surface area contributed by atoms with Crippen molar-refractivity contribution in [3.05, 3.63) is 172 Å². The quantitative estimate of drug-likeness (QED) is 0.0827. The van der Waals surface area contributed by atoms with Crippen molar-refractivity contribution in [2.75, 3.05) is 13.2 Å². The van der Waals surface area contributed by atoms with Crippen LogP contribution in [0, 0.1) is 0 Å². The van der Waals surface area contributed by atoms with Gasteiger partial charge in [-0.2, -0.15) is 0 Å². The van der Waals surface area contributed by atoms with Gasteiger partial charge < -0.3 is 28.4 Å². The lowest BCUT2D eigenvalue weighted by Gasteiger charge is -2.46. The van der Waals surface area contributed by atoms with Crippen LogP contribution >= 0.6 is 11.6 Å². The van der Waals surface area contributed by atoms with E-state index in [1.54, 1.807) is 0 Å². The summed E-state index contributed by atoms with van der Waals surface area (Å²) < 4.78 is 39.0. The number of carbonyl (C=O) groups is 1. The van der Waals surface area contributed by atoms with Crippen LogP contribution in [0.4, 0.5) is 0 Å². The van der Waals surface area contributed by atoms with Crippen LogP contribution in [0.25, 0.3) is 0 Å². The second kappa shape index (κ2) is 20.3. The van der Waals surface area contributed by atoms with Crippen molar-refractivity contribution >= 4 is 17.6 Å². The van der Waals surface area contributed by atoms with E-state index in [9.17, 15) is 4.79 Å². The maximum Gasteiger partial charge on any atom is 0.305 e. The Morgan fingerprint density at radius 3 is 1.76 bits per heavy atom. The molecular formula is C46H49ClO7. The van der Waals surface area contributed by atoms with E-state index < -0.39 is 30.5 Å². The Hall–Kier alpha value is -4.50. The molecule has 1 saturated heterocycles. The zero-order valence-corrected chi connectivity index (χ0v) is 31.7. The lowest BCUT2D eigenvalue weighted by molar-refractivity contribution is -0.273. The van der Waals surface area contributed by atoms with Crippen LogP contribution < -0.4 is 4.74 Å². The minimum atomic E-state index is -0.665. The molecule has 0 aromatic heterocycles. The summed E-state index contributed by atoms with van der Waals surface area (Å²) >= 11 is 6.86. The fraction of sp³-hybridized carbons (Fsp3) is 0.326. The van der Waals surface area contributed by atoms with Crippen molar-refractivity contribution in [2.45, 2.75) is 83.5 Å². The fourth-order valence-electron chi connectivity index (χ4n) is 6.64. The molecule has 0 unspecified atom stereocenters. The first-order valence-corrected chi connectivity index (χ1v) is 19.2. The molecule has 0 saturated carbocycles. The summed E-state index contributed by atoms with van der Waals surface area (Å²) in [6, 6.07) is 44.1. The van der Waals surface area contributed by atoms with Crippen molar-refractivity contribution < 1.29 is 33.2 Å². The summed E-state index contributed by atoms with van der Waals surface area (Å²) in [5.41, 5.74) is 5.94. The van der Waals surface area contributed by atoms with Crippen LogP contribution in [0.1, 0.15) is 66.2 Å². The first-order valence-electron chi connectivity index (χ1n) is 18.8. The highest BCUT2D eigenvalue weighted by Gasteiger charge is 2.49. The second-order valence-electron chi connectivity index (χ2n) is 13.4. The number of esters is 1. The molecule has 282 valence electrons. The predicted molar refractivity (Wildman–Crippen MR) is 210 cm³/mol. The highest BCUT2D eigenvalue weighted by Crippen LogP contribution is 2.40. The van der Waals surface area contributed by atoms with Gasteiger partial charge in [0.05, 0.1) is 26.4 Å². The summed E-state index contributed by atoms with van der Waals surface area (Å²) in [6.07, 6.45) is -1.55. The Balaban J connectivity index is 1.38. The highest BCUT2D eigenvalue weighted by molar-refractivity contribution is 6.31. The maximum absolute atomic E-state index is 12.8. The van der Waals surface area contributed by atoms with E-state index in [0.717, 1.165) is 39.1 Å². The monoisotopic (exact) mass is 748 g/mol. The Morgan fingerprint density at radius 1 is 0.648 bits per heavy atom. The molecule has 1 aliphatic heterocycles. The number of benzene rings is 5. The normalized spacial score (nSPS) is 19.6. The Labute approximate surface area is 324 Å². The average molecular weight is 749 g/mol. The molecule has 1 aliphatic rings. The van der Waals surface area contributed by atoms with E-state index in [-0.39, 0.29) is 12.6 Å². The molecule has 7 nitrogen and oxygen atoms in total. The topological polar surface area (TPSA) is 72.5 Å². The first kappa shape index (κ1) is 39.2. The molecule has 5 aromatic rings. The molecule has 8 heteroatoms. The molecule has 0 aliphatic carbocycles. The van der Waals surface area contributed by atoms with Crippen LogP contribution in [0.3, 0.4) is 0 Å². The summed E-state index contributed by atoms with van der Waals surface area (Å²) in [6.45, 7) is 5.48. The fourth-order valence-corrected chi connectivity index (χ4v) is 6.82. The first-order chi connectivity index (χ1) is 26.5. The number of rotatable bonds is 18. The van der Waals surface area contributed by atoms with Gasteiger partial charge in [0, 0.05) is 11.4 Å². The van der Waals surface area contributed by atoms with Gasteiger partial charge in [-0.25, -0.2) is 0 Å². The summed E-state index contributed by atoms with van der Waals surface area (Å²) in [5, 5.41) is 0.649. The van der Waals surface area contributed by atoms with Gasteiger partial charge in [0.1, 0.15) is 42.9 Å². The molecule has 1 fully saturated rings. The van der Waals surface area contributed by atoms with Crippen LogP contribution in [0.5, 0.6) is 5.75 Å². The van der Waals surface area contributed by atoms with Crippen LogP contribution in [-0.4, -0.2) is 43.6 Å². The molecular weight excluding hydrogens is 700 g/mol. The van der Waals surface area contributed by atoms with E-state index >= 15 is 0 Å². The second-order valence-corrected chi connectivity index (χ2v) is 13.8. The Kier molecular flexibility index (Phi) is 14.7. The molecule has 5 atom stereocenters. The minimum absolute atomic E-state index is 0.00197. The predicted octanol–water partition coefficient (Wildman–Crippen LogP) is 9.87. The van der Waals surface area contributed by atoms with Crippen LogP contribution in [-0.2, 0) is 54.7 Å². The Bertz CT molecular complexity index is 1850. The van der Waals surface area contributed by atoms with Gasteiger partial charge in [0.2, 0.25) is 0 Å². The standard InChI is InChI=1S/C46H49ClO7/c1-3-14-42(48)50-32-41-44(51-29-34-15-8-5-9-16-34)46(53-31-36-19-12-7-13-20-36)45(52-30-35-17-10-6-11-18-35)43(54-41)37-23-26-40(47)38(28-37)27-33-21-24-39(25-22-33)49-4-2/h5-13,15-26,28,41,43-46H,3-4,14,27,29-32H2,1-2H3/t41-,43+,44-,45+,46+/m1/s1. The van der Waals surface area contributed by atoms with Crippen molar-refractivity contribution in [1.82, 2.24) is 0 Å². The molecule has 1 heterocycles. The molecule has 54 heavy (non-hydrogen) atoms. The van der Waals surface area contributed by atoms with Gasteiger partial charge in [-0.05, 0) is 71.3 Å². The van der Waals surface area contributed by atoms with E-state index in [2.05, 4.69) is 18.2 Å². The summed E-state index contributed by atoms with van der Waals surface area (Å²) in [4.78, 5) is 12.8. The minimum Gasteiger partial charge on any atom is -0.494 e. The number of ether oxygens (including phenoxy) is 6. The third-order valence-electron chi connectivity index (χ3n) is 9.38. The SMILES string of the molecule is CCCC(=O)OC[C@H]1O[C@@H](c2ccc(Cl)c(Cc3ccc(OCC)cc3)c2)[C@H](OCc2ccccc2)[C@@H](OCc2ccccc2)[C@@H]1OCc1ccccc1. The maximum atomic E-state index is 12.8. The van der Waals surface area contributed by atoms with Gasteiger partial charge in [-0.1, -0.05) is 134 Å². The average Bonchev–Trinajstić information content (AvgIpc) is 3.21. The molecule has 0 N–H and O–H groups in total. The number of halogens is 1. The number of hydrogen-bond donors (Lipinski definition) is 0. The molecule has 0 amide bonds. The summed E-state index contributed by atoms with van der Waals surface area (Å²) in [7, 11) is 0. The van der Waals surface area contributed by atoms with Gasteiger partial charge in [0.15, 0.2) is 0 Å². The van der Waals surface area contributed by atoms with Crippen LogP contribution in [0.15, 0.2) is 133 Å². The lowest BCUT2D eigenvalue weighted by atomic mass is 9.89. The van der Waals surface area contributed by atoms with E-state index in [4.69, 9.17) is 40.0 Å². The number of hydrogen-bond acceptors (Lipinski definition) is 7. The van der Waals surface area contributed by atoms with Gasteiger partial charge in [0.25, 0.3) is 0 Å². The zero-order chi connectivity index (χ0) is 37.5. The van der Waals surface area contributed by atoms with Crippen molar-refractivity contribution in [3.63, 3.8) is 0 Å². The lowest BCUT2D eigenvalue weighted by Crippen LogP contribution is -2.58.